The molecule has 7 atom stereocenters. The van der Waals surface area contributed by atoms with Crippen molar-refractivity contribution in [3.8, 4) is 5.75 Å². The zero-order valence-corrected chi connectivity index (χ0v) is 27.2. The highest BCUT2D eigenvalue weighted by Crippen LogP contribution is 2.63. The molecule has 45 heavy (non-hydrogen) atoms. The van der Waals surface area contributed by atoms with Crippen LogP contribution < -0.4 is 4.90 Å². The molecule has 0 bridgehead atoms. The molecule has 2 fully saturated rings. The standard InChI is InChI=1S/C39H50FNO4/c1-25(42)41(35-17-13-26-10-7-8-12-30(26)32(35)19-21-45-3)20-9-5-4-6-11-27-22-28-23-29(43)14-15-31(28)38-34(40)24-39(2)33(37(27)38)16-18-36(39)44/h7-8,10,12-15,17,23,27,33-34,36-38,43-44H,4-6,9,11,16,18-22,24H2,1-3H3/t27-,33+,34+,36+,37+,38+,39+/m1/s1. The molecule has 2 saturated carbocycles. The Labute approximate surface area is 267 Å². The van der Waals surface area contributed by atoms with Crippen LogP contribution in [-0.2, 0) is 22.4 Å². The highest BCUT2D eigenvalue weighted by Gasteiger charge is 2.59. The third-order valence-corrected chi connectivity index (χ3v) is 11.7. The number of rotatable bonds is 11. The lowest BCUT2D eigenvalue weighted by molar-refractivity contribution is -0.116. The predicted octanol–water partition coefficient (Wildman–Crippen LogP) is 8.13. The van der Waals surface area contributed by atoms with Gasteiger partial charge in [-0.15, -0.1) is 0 Å². The molecule has 1 amide bonds. The van der Waals surface area contributed by atoms with Gasteiger partial charge >= 0.3 is 0 Å². The Bertz CT molecular complexity index is 1510. The van der Waals surface area contributed by atoms with Gasteiger partial charge in [-0.05, 0) is 114 Å². The monoisotopic (exact) mass is 615 g/mol. The van der Waals surface area contributed by atoms with Gasteiger partial charge in [0.15, 0.2) is 0 Å². The number of anilines is 1. The summed E-state index contributed by atoms with van der Waals surface area (Å²) in [5.74, 6) is 1.05. The number of halogens is 1. The van der Waals surface area contributed by atoms with E-state index in [4.69, 9.17) is 4.74 Å². The fraction of sp³-hybridized carbons (Fsp3) is 0.564. The molecular weight excluding hydrogens is 565 g/mol. The number of methoxy groups -OCH3 is 1. The van der Waals surface area contributed by atoms with E-state index in [1.807, 2.05) is 29.2 Å². The predicted molar refractivity (Wildman–Crippen MR) is 179 cm³/mol. The first-order valence-electron chi connectivity index (χ1n) is 17.1. The minimum absolute atomic E-state index is 0.0546. The van der Waals surface area contributed by atoms with Gasteiger partial charge in [-0.1, -0.05) is 62.6 Å². The van der Waals surface area contributed by atoms with Crippen molar-refractivity contribution in [2.24, 2.45) is 23.2 Å². The maximum Gasteiger partial charge on any atom is 0.223 e. The van der Waals surface area contributed by atoms with Crippen LogP contribution in [0, 0.1) is 23.2 Å². The molecule has 0 radical (unpaired) electrons. The van der Waals surface area contributed by atoms with Gasteiger partial charge in [-0.2, -0.15) is 0 Å². The Morgan fingerprint density at radius 1 is 1.07 bits per heavy atom. The van der Waals surface area contributed by atoms with E-state index in [9.17, 15) is 15.0 Å². The number of phenols is 1. The van der Waals surface area contributed by atoms with Gasteiger partial charge in [-0.25, -0.2) is 4.39 Å². The van der Waals surface area contributed by atoms with Crippen LogP contribution in [0.5, 0.6) is 5.75 Å². The van der Waals surface area contributed by atoms with Crippen molar-refractivity contribution in [3.63, 3.8) is 0 Å². The van der Waals surface area contributed by atoms with Gasteiger partial charge in [0.05, 0.1) is 12.7 Å². The van der Waals surface area contributed by atoms with Gasteiger partial charge in [0.2, 0.25) is 5.91 Å². The van der Waals surface area contributed by atoms with Crippen LogP contribution in [0.1, 0.15) is 87.8 Å². The van der Waals surface area contributed by atoms with Crippen LogP contribution in [0.3, 0.4) is 0 Å². The Kier molecular flexibility index (Phi) is 9.54. The van der Waals surface area contributed by atoms with Gasteiger partial charge in [0, 0.05) is 32.2 Å². The fourth-order valence-corrected chi connectivity index (χ4v) is 9.55. The maximum atomic E-state index is 16.1. The topological polar surface area (TPSA) is 70.0 Å². The molecule has 3 aliphatic carbocycles. The number of aliphatic hydroxyl groups is 1. The van der Waals surface area contributed by atoms with Crippen molar-refractivity contribution in [3.05, 3.63) is 71.3 Å². The lowest BCUT2D eigenvalue weighted by Crippen LogP contribution is -2.51. The van der Waals surface area contributed by atoms with Crippen molar-refractivity contribution >= 4 is 22.4 Å². The number of aromatic hydroxyl groups is 1. The Hall–Kier alpha value is -2.96. The van der Waals surface area contributed by atoms with E-state index in [-0.39, 0.29) is 28.9 Å². The highest BCUT2D eigenvalue weighted by molar-refractivity contribution is 5.98. The van der Waals surface area contributed by atoms with E-state index in [1.54, 1.807) is 20.1 Å². The fourth-order valence-electron chi connectivity index (χ4n) is 9.55. The molecule has 0 aromatic heterocycles. The molecule has 0 unspecified atom stereocenters. The van der Waals surface area contributed by atoms with Crippen molar-refractivity contribution < 1.29 is 24.1 Å². The average Bonchev–Trinajstić information content (AvgIpc) is 3.32. The quantitative estimate of drug-likeness (QED) is 0.214. The maximum absolute atomic E-state index is 16.1. The molecule has 3 aliphatic rings. The van der Waals surface area contributed by atoms with E-state index >= 15 is 4.39 Å². The number of amides is 1. The summed E-state index contributed by atoms with van der Waals surface area (Å²) >= 11 is 0. The Morgan fingerprint density at radius 2 is 1.87 bits per heavy atom. The van der Waals surface area contributed by atoms with Crippen molar-refractivity contribution in [1.29, 1.82) is 0 Å². The molecular formula is C39H50FNO4. The number of alkyl halides is 1. The number of fused-ring (bicyclic) bond motifs is 6. The third-order valence-electron chi connectivity index (χ3n) is 11.7. The summed E-state index contributed by atoms with van der Waals surface area (Å²) in [6, 6.07) is 18.0. The lowest BCUT2D eigenvalue weighted by atomic mass is 9.51. The van der Waals surface area contributed by atoms with Crippen LogP contribution in [-0.4, -0.2) is 48.7 Å². The minimum atomic E-state index is -0.975. The largest absolute Gasteiger partial charge is 0.508 e. The molecule has 242 valence electrons. The van der Waals surface area contributed by atoms with Gasteiger partial charge < -0.3 is 19.8 Å². The first kappa shape index (κ1) is 32.0. The minimum Gasteiger partial charge on any atom is -0.508 e. The lowest BCUT2D eigenvalue weighted by Gasteiger charge is -2.54. The zero-order valence-electron chi connectivity index (χ0n) is 27.2. The smallest absolute Gasteiger partial charge is 0.223 e. The number of nitrogens with zero attached hydrogens (tertiary/aromatic N) is 1. The molecule has 0 spiro atoms. The first-order valence-corrected chi connectivity index (χ1v) is 17.1. The molecule has 0 aliphatic heterocycles. The van der Waals surface area contributed by atoms with Crippen molar-refractivity contribution in [1.82, 2.24) is 0 Å². The van der Waals surface area contributed by atoms with E-state index in [0.29, 0.717) is 31.4 Å². The number of aliphatic hydroxyl groups excluding tert-OH is 1. The van der Waals surface area contributed by atoms with Crippen molar-refractivity contribution in [2.75, 3.05) is 25.2 Å². The first-order chi connectivity index (χ1) is 21.7. The average molecular weight is 616 g/mol. The van der Waals surface area contributed by atoms with Crippen LogP contribution in [0.15, 0.2) is 54.6 Å². The SMILES string of the molecule is COCCc1c(N(CCCCCC[C@@H]2Cc3cc(O)ccc3[C@@H]3[C@@H]2[C@@H]2CC[C@H](O)[C@@]2(C)C[C@@H]3F)C(C)=O)ccc2ccccc12. The van der Waals surface area contributed by atoms with E-state index in [0.717, 1.165) is 80.2 Å². The summed E-state index contributed by atoms with van der Waals surface area (Å²) in [5.41, 5.74) is 3.96. The van der Waals surface area contributed by atoms with Crippen LogP contribution in [0.4, 0.5) is 10.1 Å². The Morgan fingerprint density at radius 3 is 2.67 bits per heavy atom. The van der Waals surface area contributed by atoms with Gasteiger partial charge in [0.1, 0.15) is 11.9 Å². The molecule has 5 nitrogen and oxygen atoms in total. The van der Waals surface area contributed by atoms with E-state index < -0.39 is 12.3 Å². The zero-order chi connectivity index (χ0) is 31.7. The highest BCUT2D eigenvalue weighted by atomic mass is 19.1. The number of carbonyl (C=O) groups excluding carboxylic acids is 1. The third kappa shape index (κ3) is 6.13. The molecule has 3 aromatic carbocycles. The van der Waals surface area contributed by atoms with Crippen LogP contribution in [0.2, 0.25) is 0 Å². The van der Waals surface area contributed by atoms with E-state index in [2.05, 4.69) is 31.2 Å². The second-order valence-corrected chi connectivity index (χ2v) is 14.3. The van der Waals surface area contributed by atoms with Gasteiger partial charge in [0.25, 0.3) is 0 Å². The number of carbonyl (C=O) groups is 1. The molecule has 6 heteroatoms. The van der Waals surface area contributed by atoms with Gasteiger partial charge in [-0.3, -0.25) is 4.79 Å². The molecule has 0 saturated heterocycles. The number of phenolic OH excluding ortho intramolecular Hbond substituents is 1. The summed E-state index contributed by atoms with van der Waals surface area (Å²) in [6.45, 7) is 5.05. The second kappa shape index (κ2) is 13.4. The van der Waals surface area contributed by atoms with E-state index in [1.165, 1.54) is 10.8 Å². The Balaban J connectivity index is 1.12. The summed E-state index contributed by atoms with van der Waals surface area (Å²) in [6.07, 6.45) is 7.45. The summed E-state index contributed by atoms with van der Waals surface area (Å²) in [5, 5.41) is 23.5. The second-order valence-electron chi connectivity index (χ2n) is 14.3. The molecule has 0 heterocycles. The normalized spacial score (nSPS) is 28.8. The number of hydrogen-bond acceptors (Lipinski definition) is 4. The summed E-state index contributed by atoms with van der Waals surface area (Å²) in [4.78, 5) is 14.8. The number of benzene rings is 3. The van der Waals surface area contributed by atoms with Crippen LogP contribution in [0.25, 0.3) is 10.8 Å². The molecule has 3 aromatic rings. The number of ether oxygens (including phenoxy) is 1. The number of hydrogen-bond donors (Lipinski definition) is 2. The summed E-state index contributed by atoms with van der Waals surface area (Å²) in [7, 11) is 1.71. The number of unbranched alkanes of at least 4 members (excludes halogenated alkanes) is 3. The summed E-state index contributed by atoms with van der Waals surface area (Å²) < 4.78 is 21.5. The molecule has 6 rings (SSSR count). The van der Waals surface area contributed by atoms with Crippen LogP contribution >= 0.6 is 0 Å². The van der Waals surface area contributed by atoms with Crippen molar-refractivity contribution in [2.45, 2.75) is 96.2 Å². The molecule has 2 N–H and O–H groups in total.